The number of ketones is 1. The summed E-state index contributed by atoms with van der Waals surface area (Å²) in [5.74, 6) is -3.09. The monoisotopic (exact) mass is 1030 g/mol. The topological polar surface area (TPSA) is 264 Å². The Balaban J connectivity index is 0.953. The fourth-order valence-corrected chi connectivity index (χ4v) is 11.3. The fraction of sp³-hybridized carbons (Fsp3) is 0.655. The average Bonchev–Trinajstić information content (AvgIpc) is 4.03. The molecule has 4 aromatic rings. The van der Waals surface area contributed by atoms with Crippen LogP contribution in [0.2, 0.25) is 0 Å². The predicted molar refractivity (Wildman–Crippen MR) is 267 cm³/mol. The van der Waals surface area contributed by atoms with Gasteiger partial charge in [-0.3, -0.25) is 9.48 Å². The summed E-state index contributed by atoms with van der Waals surface area (Å²) in [7, 11) is 0. The molecule has 15 atom stereocenters. The predicted octanol–water partition coefficient (Wildman–Crippen LogP) is 5.06. The number of fused-ring (bicyclic) bond motifs is 1. The number of unbranched alkanes of at least 4 members (excludes halogenated alkanes) is 2. The maximum absolute atomic E-state index is 14.2. The summed E-state index contributed by atoms with van der Waals surface area (Å²) in [5.41, 5.74) is 3.46. The number of aliphatic hydroxyl groups is 5. The number of nitrogens with zero attached hydrogens (tertiary/aromatic N) is 4. The van der Waals surface area contributed by atoms with E-state index in [2.05, 4.69) is 52.3 Å². The first-order valence-corrected chi connectivity index (χ1v) is 26.7. The van der Waals surface area contributed by atoms with Crippen molar-refractivity contribution in [2.24, 2.45) is 17.8 Å². The zero-order valence-corrected chi connectivity index (χ0v) is 42.8. The lowest BCUT2D eigenvalue weighted by molar-refractivity contribution is -0.349. The van der Waals surface area contributed by atoms with Gasteiger partial charge < -0.3 is 63.6 Å². The number of rotatable bonds is 23. The maximum atomic E-state index is 14.2. The molecule has 2 aliphatic heterocycles. The van der Waals surface area contributed by atoms with E-state index in [0.717, 1.165) is 63.7 Å². The summed E-state index contributed by atoms with van der Waals surface area (Å²) >= 11 is 0. The van der Waals surface area contributed by atoms with Gasteiger partial charge in [-0.25, -0.2) is 9.59 Å². The molecule has 2 saturated heterocycles. The second-order valence-electron chi connectivity index (χ2n) is 21.1. The number of hydrogen-bond acceptors (Lipinski definition) is 16. The maximum Gasteiger partial charge on any atom is 0.338 e. The number of Topliss-reactive ketones (excluding diaryl/α,β-unsaturated/α-hetero) is 1. The van der Waals surface area contributed by atoms with E-state index >= 15 is 0 Å². The highest BCUT2D eigenvalue weighted by Gasteiger charge is 2.54. The number of carbonyl (C=O) groups excluding carboxylic acids is 2. The second-order valence-corrected chi connectivity index (χ2v) is 21.1. The van der Waals surface area contributed by atoms with Gasteiger partial charge in [0.1, 0.15) is 42.4 Å². The Morgan fingerprint density at radius 1 is 0.811 bits per heavy atom. The van der Waals surface area contributed by atoms with Gasteiger partial charge in [-0.1, -0.05) is 74.1 Å². The molecule has 6 unspecified atom stereocenters. The molecule has 74 heavy (non-hydrogen) atoms. The third kappa shape index (κ3) is 13.8. The molecule has 6 N–H and O–H groups in total. The normalized spacial score (nSPS) is 31.3. The van der Waals surface area contributed by atoms with Crippen LogP contribution >= 0.6 is 0 Å². The second kappa shape index (κ2) is 25.9. The number of benzene rings is 2. The summed E-state index contributed by atoms with van der Waals surface area (Å²) in [4.78, 5) is 40.9. The molecule has 406 valence electrons. The SMILES string of the molecule is Cc1ccc2c(ccn2CCCCn2cc(CCCCC(=O)C3CC(C)[C@@H](O[C@@H]4OC(C)[C@@H](O)[C@H](O)C4O)[C@H](O[C@@H]4O[C@@H](CO)[C@H](O)C(O[C@@H](CC5CCCCC5)C(=O)O)C4OC(=O)c4ccccc4)C3)nn2)c1. The van der Waals surface area contributed by atoms with Gasteiger partial charge in [-0.15, -0.1) is 5.10 Å². The summed E-state index contributed by atoms with van der Waals surface area (Å²) in [6.07, 6.45) is -5.00. The van der Waals surface area contributed by atoms with E-state index in [1.165, 1.54) is 35.5 Å². The first kappa shape index (κ1) is 55.6. The first-order valence-electron chi connectivity index (χ1n) is 26.7. The molecule has 0 bridgehead atoms. The van der Waals surface area contributed by atoms with Crippen molar-refractivity contribution in [2.75, 3.05) is 6.61 Å². The molecule has 2 saturated carbocycles. The van der Waals surface area contributed by atoms with Crippen molar-refractivity contribution in [1.82, 2.24) is 19.6 Å². The third-order valence-electron chi connectivity index (χ3n) is 15.5. The third-order valence-corrected chi connectivity index (χ3v) is 15.5. The highest BCUT2D eigenvalue weighted by atomic mass is 16.7. The van der Waals surface area contributed by atoms with E-state index in [0.29, 0.717) is 25.7 Å². The van der Waals surface area contributed by atoms with Crippen LogP contribution in [0.4, 0.5) is 0 Å². The molecular formula is C55H76N4O15. The molecule has 2 aromatic carbocycles. The number of aliphatic hydroxyl groups excluding tert-OH is 5. The standard InChI is InChI=1S/C55H76N4O15/c1-32-20-21-40-37(26-32)22-25-58(40)23-12-13-24-59-30-39(56-57-59)18-10-11-19-41(61)38-27-33(2)49(74-54-48(65)47(64)45(62)34(3)69-54)42(29-38)71-55-51(73-53(68)36-16-8-5-9-17-36)50(46(63)44(31-60)72-55)70-43(52(66)67)28-35-14-6-4-7-15-35/h5,8-9,16-17,20-22,25-26,30,33-35,38,42-51,54-55,60,62-65H,4,6-7,10-15,18-19,23-24,27-29,31H2,1-3H3,(H,66,67)/t33?,34?,38?,42-,43+,44+,45-,46+,47+,48?,49-,50?,51?,54+,55-/m1/s1. The van der Waals surface area contributed by atoms with Crippen LogP contribution in [0.1, 0.15) is 119 Å². The fourth-order valence-electron chi connectivity index (χ4n) is 11.3. The highest BCUT2D eigenvalue weighted by Crippen LogP contribution is 2.40. The molecule has 0 spiro atoms. The molecule has 0 radical (unpaired) electrons. The van der Waals surface area contributed by atoms with E-state index in [9.17, 15) is 45.0 Å². The van der Waals surface area contributed by atoms with Crippen molar-refractivity contribution < 1.29 is 73.4 Å². The largest absolute Gasteiger partial charge is 0.479 e. The molecule has 8 rings (SSSR count). The quantitative estimate of drug-likeness (QED) is 0.0419. The molecule has 4 aliphatic rings. The Kier molecular flexibility index (Phi) is 19.5. The van der Waals surface area contributed by atoms with E-state index in [4.69, 9.17) is 28.4 Å². The van der Waals surface area contributed by atoms with E-state index in [1.54, 1.807) is 18.2 Å². The highest BCUT2D eigenvalue weighted by molar-refractivity contribution is 5.89. The van der Waals surface area contributed by atoms with E-state index < -0.39 is 110 Å². The van der Waals surface area contributed by atoms with E-state index in [1.807, 2.05) is 17.8 Å². The molecule has 19 nitrogen and oxygen atoms in total. The van der Waals surface area contributed by atoms with Crippen molar-refractivity contribution in [3.8, 4) is 0 Å². The smallest absolute Gasteiger partial charge is 0.338 e. The Morgan fingerprint density at radius 2 is 1.58 bits per heavy atom. The van der Waals surface area contributed by atoms with E-state index in [-0.39, 0.29) is 36.5 Å². The van der Waals surface area contributed by atoms with Gasteiger partial charge in [0.2, 0.25) is 0 Å². The van der Waals surface area contributed by atoms with Gasteiger partial charge in [-0.05, 0) is 113 Å². The molecule has 19 heteroatoms. The summed E-state index contributed by atoms with van der Waals surface area (Å²) < 4.78 is 41.8. The lowest BCUT2D eigenvalue weighted by atomic mass is 9.75. The van der Waals surface area contributed by atoms with Crippen LogP contribution in [0.3, 0.4) is 0 Å². The van der Waals surface area contributed by atoms with Crippen LogP contribution < -0.4 is 0 Å². The van der Waals surface area contributed by atoms with Gasteiger partial charge in [0.05, 0.1) is 36.2 Å². The Hall–Kier alpha value is -4.67. The summed E-state index contributed by atoms with van der Waals surface area (Å²) in [6, 6.07) is 16.7. The van der Waals surface area contributed by atoms with Gasteiger partial charge in [-0.2, -0.15) is 0 Å². The zero-order valence-electron chi connectivity index (χ0n) is 42.8. The molecule has 4 fully saturated rings. The van der Waals surface area contributed by atoms with Crippen LogP contribution in [0, 0.1) is 24.7 Å². The van der Waals surface area contributed by atoms with Crippen LogP contribution in [0.15, 0.2) is 67.0 Å². The number of aromatic nitrogens is 4. The molecule has 4 heterocycles. The molecule has 2 aromatic heterocycles. The average molecular weight is 1030 g/mol. The number of carboxylic acids is 1. The van der Waals surface area contributed by atoms with Crippen LogP contribution in [0.25, 0.3) is 10.9 Å². The van der Waals surface area contributed by atoms with Crippen LogP contribution in [0.5, 0.6) is 0 Å². The minimum absolute atomic E-state index is 0.0206. The van der Waals surface area contributed by atoms with Crippen molar-refractivity contribution in [3.05, 3.63) is 83.8 Å². The summed E-state index contributed by atoms with van der Waals surface area (Å²) in [6.45, 7) is 6.38. The first-order chi connectivity index (χ1) is 35.7. The summed E-state index contributed by atoms with van der Waals surface area (Å²) in [5, 5.41) is 75.0. The van der Waals surface area contributed by atoms with Crippen LogP contribution in [-0.4, -0.2) is 154 Å². The Morgan fingerprint density at radius 3 is 2.34 bits per heavy atom. The number of ether oxygens (including phenoxy) is 6. The Labute approximate surface area is 432 Å². The van der Waals surface area contributed by atoms with Gasteiger partial charge >= 0.3 is 11.9 Å². The minimum atomic E-state index is -1.68. The van der Waals surface area contributed by atoms with Gasteiger partial charge in [0.25, 0.3) is 0 Å². The molecular weight excluding hydrogens is 957 g/mol. The number of aliphatic carboxylic acids is 1. The van der Waals surface area contributed by atoms with Crippen molar-refractivity contribution in [2.45, 2.75) is 203 Å². The molecule has 2 aliphatic carbocycles. The minimum Gasteiger partial charge on any atom is -0.479 e. The number of carboxylic acid groups (broad SMARTS) is 1. The van der Waals surface area contributed by atoms with Gasteiger partial charge in [0.15, 0.2) is 24.8 Å². The van der Waals surface area contributed by atoms with Crippen molar-refractivity contribution >= 4 is 28.6 Å². The zero-order chi connectivity index (χ0) is 52.5. The van der Waals surface area contributed by atoms with Crippen LogP contribution in [-0.2, 0) is 57.5 Å². The number of hydrogen-bond donors (Lipinski definition) is 6. The number of esters is 1. The lowest BCUT2D eigenvalue weighted by Crippen LogP contribution is -2.64. The number of aryl methyl sites for hydroxylation is 4. The van der Waals surface area contributed by atoms with Gasteiger partial charge in [0, 0.05) is 43.3 Å². The Bertz CT molecular complexity index is 2430. The van der Waals surface area contributed by atoms with Crippen molar-refractivity contribution in [3.63, 3.8) is 0 Å². The van der Waals surface area contributed by atoms with Crippen molar-refractivity contribution in [1.29, 1.82) is 0 Å². The number of carbonyl (C=O) groups is 3. The lowest BCUT2D eigenvalue weighted by Gasteiger charge is -2.48. The molecule has 0 amide bonds.